The fraction of sp³-hybridized carbons (Fsp3) is 0.429. The highest BCUT2D eigenvalue weighted by molar-refractivity contribution is 5.98. The number of hydrogen-bond acceptors (Lipinski definition) is 16. The van der Waals surface area contributed by atoms with Crippen molar-refractivity contribution in [2.75, 3.05) is 90.8 Å². The van der Waals surface area contributed by atoms with E-state index in [1.165, 1.54) is 10.3 Å². The van der Waals surface area contributed by atoms with Gasteiger partial charge in [0.15, 0.2) is 5.75 Å². The number of aromatic amines is 1. The fourth-order valence-electron chi connectivity index (χ4n) is 6.36. The normalized spacial score (nSPS) is 18.4. The van der Waals surface area contributed by atoms with E-state index in [0.717, 1.165) is 18.2 Å². The molecule has 3 aromatic carbocycles. The van der Waals surface area contributed by atoms with Crippen molar-refractivity contribution in [1.29, 1.82) is 0 Å². The fourth-order valence-corrected chi connectivity index (χ4v) is 6.36. The van der Waals surface area contributed by atoms with Crippen molar-refractivity contribution in [3.8, 4) is 23.3 Å². The number of amides is 2. The predicted octanol–water partition coefficient (Wildman–Crippen LogP) is 2.54. The lowest BCUT2D eigenvalue weighted by Gasteiger charge is -2.26. The molecule has 0 saturated carbocycles. The number of aliphatic hydroxyl groups is 1. The van der Waals surface area contributed by atoms with Crippen molar-refractivity contribution in [3.63, 3.8) is 0 Å². The third-order valence-corrected chi connectivity index (χ3v) is 9.49. The number of hydroxylamine groups is 3. The number of ether oxygens (including phenoxy) is 5. The van der Waals surface area contributed by atoms with Gasteiger partial charge in [-0.1, -0.05) is 23.6 Å². The van der Waals surface area contributed by atoms with Gasteiger partial charge in [0, 0.05) is 42.9 Å². The second-order valence-corrected chi connectivity index (χ2v) is 14.1. The SMILES string of the molecule is O=C(NCCOCCOCCOCCOCCOCC#Cc1cccc2c1ON(C1CCONO1)O2)c1cc2cc(N3CC[C@@](O)(C(=O)NCc4cc(F)cc(F)c4)O3)ccc2[nH]1. The molecule has 2 amide bonds. The van der Waals surface area contributed by atoms with Crippen molar-refractivity contribution in [2.45, 2.75) is 31.4 Å². The molecule has 19 nitrogen and oxygen atoms in total. The minimum atomic E-state index is -2.18. The van der Waals surface area contributed by atoms with Crippen LogP contribution in [0.3, 0.4) is 0 Å². The van der Waals surface area contributed by atoms with Crippen LogP contribution in [-0.2, 0) is 49.5 Å². The molecule has 4 aromatic rings. The second-order valence-electron chi connectivity index (χ2n) is 14.1. The van der Waals surface area contributed by atoms with Crippen LogP contribution in [-0.4, -0.2) is 125 Å². The van der Waals surface area contributed by atoms with E-state index in [4.69, 9.17) is 47.9 Å². The first-order valence-electron chi connectivity index (χ1n) is 20.3. The highest BCUT2D eigenvalue weighted by atomic mass is 19.1. The van der Waals surface area contributed by atoms with Gasteiger partial charge in [-0.2, -0.15) is 0 Å². The number of halogens is 2. The van der Waals surface area contributed by atoms with Crippen LogP contribution >= 0.6 is 0 Å². The Labute approximate surface area is 360 Å². The molecule has 0 aliphatic carbocycles. The van der Waals surface area contributed by atoms with E-state index < -0.39 is 29.6 Å². The molecule has 63 heavy (non-hydrogen) atoms. The summed E-state index contributed by atoms with van der Waals surface area (Å²) < 4.78 is 54.7. The van der Waals surface area contributed by atoms with E-state index in [1.807, 2.05) is 12.1 Å². The molecule has 0 radical (unpaired) electrons. The van der Waals surface area contributed by atoms with Gasteiger partial charge in [-0.05, 0) is 54.1 Å². The molecule has 2 fully saturated rings. The first-order valence-corrected chi connectivity index (χ1v) is 20.3. The van der Waals surface area contributed by atoms with Crippen molar-refractivity contribution in [2.24, 2.45) is 0 Å². The van der Waals surface area contributed by atoms with Crippen molar-refractivity contribution < 1.29 is 71.3 Å². The Bertz CT molecular complexity index is 2200. The first-order chi connectivity index (χ1) is 30.7. The number of benzene rings is 3. The summed E-state index contributed by atoms with van der Waals surface area (Å²) in [4.78, 5) is 55.9. The summed E-state index contributed by atoms with van der Waals surface area (Å²) in [6.07, 6.45) is 0.0365. The van der Waals surface area contributed by atoms with Gasteiger partial charge in [0.05, 0.1) is 89.1 Å². The summed E-state index contributed by atoms with van der Waals surface area (Å²) in [7, 11) is 0. The smallest absolute Gasteiger partial charge is 0.282 e. The Hall–Kier alpha value is -5.48. The number of rotatable bonds is 22. The zero-order valence-electron chi connectivity index (χ0n) is 34.2. The van der Waals surface area contributed by atoms with Crippen LogP contribution in [0.1, 0.15) is 34.5 Å². The number of H-pyrrole nitrogens is 1. The minimum absolute atomic E-state index is 0.0505. The lowest BCUT2D eigenvalue weighted by Crippen LogP contribution is -2.47. The topological polar surface area (TPSA) is 205 Å². The monoisotopic (exact) mass is 882 g/mol. The quantitative estimate of drug-likeness (QED) is 0.0569. The molecule has 5 N–H and O–H groups in total. The molecule has 3 aliphatic rings. The molecular formula is C42H48F2N6O13. The number of carbonyl (C=O) groups excluding carboxylic acids is 2. The third kappa shape index (κ3) is 13.0. The molecule has 4 heterocycles. The molecule has 2 saturated heterocycles. The van der Waals surface area contributed by atoms with Crippen LogP contribution in [0.4, 0.5) is 14.5 Å². The van der Waals surface area contributed by atoms with Gasteiger partial charge in [0.2, 0.25) is 12.0 Å². The van der Waals surface area contributed by atoms with Crippen LogP contribution < -0.4 is 31.0 Å². The standard InChI is InChI=1S/C42H48F2N6O13/c43-32-23-29(24-33(44)27-32)28-46-41(52)42(53)9-11-49(63-42)34-6-7-35-31(25-34)26-36(47-35)40(51)45-10-14-55-16-18-57-20-22-58-21-19-56-17-15-54-12-2-4-30-3-1-5-37-39(30)62-50(61-37)38-8-13-59-48-60-38/h1,3,5-7,23-27,38,47-48,53H,8-22,28H2,(H,45,51)(H,46,52)/t38?,42-/m0/s1. The summed E-state index contributed by atoms with van der Waals surface area (Å²) >= 11 is 0. The summed E-state index contributed by atoms with van der Waals surface area (Å²) in [5.41, 5.74) is 4.80. The number of anilines is 1. The largest absolute Gasteiger partial charge is 0.377 e. The number of fused-ring (bicyclic) bond motifs is 2. The Morgan fingerprint density at radius 2 is 1.60 bits per heavy atom. The maximum atomic E-state index is 13.5. The van der Waals surface area contributed by atoms with Gasteiger partial charge in [-0.3, -0.25) is 24.3 Å². The Morgan fingerprint density at radius 3 is 2.33 bits per heavy atom. The summed E-state index contributed by atoms with van der Waals surface area (Å²) in [5, 5.41) is 19.5. The molecule has 1 unspecified atom stereocenters. The van der Waals surface area contributed by atoms with Crippen LogP contribution in [0.2, 0.25) is 0 Å². The van der Waals surface area contributed by atoms with Gasteiger partial charge in [-0.25, -0.2) is 13.6 Å². The zero-order valence-corrected chi connectivity index (χ0v) is 34.2. The number of para-hydroxylation sites is 1. The van der Waals surface area contributed by atoms with Crippen LogP contribution in [0, 0.1) is 23.5 Å². The maximum absolute atomic E-state index is 13.5. The molecule has 1 aromatic heterocycles. The van der Waals surface area contributed by atoms with Crippen LogP contribution in [0.25, 0.3) is 10.9 Å². The van der Waals surface area contributed by atoms with Crippen LogP contribution in [0.5, 0.6) is 11.5 Å². The number of nitrogens with one attached hydrogen (secondary N) is 4. The minimum Gasteiger partial charge on any atom is -0.377 e. The molecule has 3 aliphatic heterocycles. The highest BCUT2D eigenvalue weighted by Crippen LogP contribution is 2.38. The van der Waals surface area contributed by atoms with E-state index in [2.05, 4.69) is 33.1 Å². The van der Waals surface area contributed by atoms with Crippen molar-refractivity contribution >= 4 is 28.4 Å². The average Bonchev–Trinajstić information content (AvgIpc) is 4.04. The van der Waals surface area contributed by atoms with Gasteiger partial charge in [0.25, 0.3) is 17.6 Å². The third-order valence-electron chi connectivity index (χ3n) is 9.49. The molecular weight excluding hydrogens is 834 g/mol. The summed E-state index contributed by atoms with van der Waals surface area (Å²) in [5.74, 6) is 2.17. The molecule has 0 spiro atoms. The number of aromatic nitrogens is 1. The molecule has 2 atom stereocenters. The number of carbonyl (C=O) groups is 2. The van der Waals surface area contributed by atoms with Gasteiger partial charge >= 0.3 is 0 Å². The highest BCUT2D eigenvalue weighted by Gasteiger charge is 2.45. The lowest BCUT2D eigenvalue weighted by atomic mass is 10.1. The lowest BCUT2D eigenvalue weighted by molar-refractivity contribution is -0.376. The molecule has 7 rings (SSSR count). The van der Waals surface area contributed by atoms with E-state index in [1.54, 1.807) is 30.3 Å². The van der Waals surface area contributed by atoms with Crippen molar-refractivity contribution in [3.05, 3.63) is 89.1 Å². The van der Waals surface area contributed by atoms with E-state index >= 15 is 0 Å². The summed E-state index contributed by atoms with van der Waals surface area (Å²) in [6, 6.07) is 15.2. The molecule has 21 heteroatoms. The van der Waals surface area contributed by atoms with Gasteiger partial charge in [-0.15, -0.1) is 0 Å². The first kappa shape index (κ1) is 45.5. The summed E-state index contributed by atoms with van der Waals surface area (Å²) in [6.45, 7) is 4.33. The van der Waals surface area contributed by atoms with E-state index in [0.29, 0.717) is 105 Å². The predicted molar refractivity (Wildman–Crippen MR) is 216 cm³/mol. The molecule has 0 bridgehead atoms. The Kier molecular flexibility index (Phi) is 16.4. The van der Waals surface area contributed by atoms with E-state index in [9.17, 15) is 23.5 Å². The van der Waals surface area contributed by atoms with Gasteiger partial charge in [0.1, 0.15) is 23.9 Å². The maximum Gasteiger partial charge on any atom is 0.282 e. The Balaban J connectivity index is 0.675. The van der Waals surface area contributed by atoms with Crippen molar-refractivity contribution in [1.82, 2.24) is 26.5 Å². The second kappa shape index (κ2) is 22.7. The number of hydrogen-bond donors (Lipinski definition) is 5. The van der Waals surface area contributed by atoms with E-state index in [-0.39, 0.29) is 50.7 Å². The average molecular weight is 883 g/mol. The number of nitrogens with zero attached hydrogens (tertiary/aromatic N) is 2. The Morgan fingerprint density at radius 1 is 0.873 bits per heavy atom. The van der Waals surface area contributed by atoms with Crippen LogP contribution in [0.15, 0.2) is 60.7 Å². The zero-order chi connectivity index (χ0) is 43.9. The molecule has 338 valence electrons. The van der Waals surface area contributed by atoms with Gasteiger partial charge < -0.3 is 54.1 Å².